The van der Waals surface area contributed by atoms with E-state index >= 15 is 0 Å². The molecule has 0 bridgehead atoms. The summed E-state index contributed by atoms with van der Waals surface area (Å²) in [6.07, 6.45) is 2.98. The van der Waals surface area contributed by atoms with Gasteiger partial charge in [-0.05, 0) is 40.3 Å². The molecule has 76 valence electrons. The zero-order valence-corrected chi connectivity index (χ0v) is 10.1. The predicted octanol–water partition coefficient (Wildman–Crippen LogP) is 2.29. The van der Waals surface area contributed by atoms with Gasteiger partial charge in [-0.2, -0.15) is 5.26 Å². The zero-order valence-electron chi connectivity index (χ0n) is 7.98. The molecule has 4 heteroatoms. The van der Waals surface area contributed by atoms with Crippen LogP contribution in [0.25, 0.3) is 0 Å². The highest BCUT2D eigenvalue weighted by Crippen LogP contribution is 2.13. The molecule has 1 aromatic rings. The number of nitriles is 1. The Morgan fingerprint density at radius 2 is 2.27 bits per heavy atom. The van der Waals surface area contributed by atoms with Crippen molar-refractivity contribution < 1.29 is 4.79 Å². The smallest absolute Gasteiger partial charge is 0.259 e. The van der Waals surface area contributed by atoms with E-state index < -0.39 is 0 Å². The Hall–Kier alpha value is -1.35. The van der Waals surface area contributed by atoms with E-state index in [1.54, 1.807) is 0 Å². The third kappa shape index (κ3) is 3.06. The largest absolute Gasteiger partial charge is 0.269 e. The molecule has 0 aromatic heterocycles. The molecule has 3 nitrogen and oxygen atoms in total. The van der Waals surface area contributed by atoms with Gasteiger partial charge in [-0.15, -0.1) is 0 Å². The van der Waals surface area contributed by atoms with Gasteiger partial charge in [-0.1, -0.05) is 24.8 Å². The van der Waals surface area contributed by atoms with Crippen molar-refractivity contribution in [2.45, 2.75) is 6.54 Å². The molecule has 0 N–H and O–H groups in total. The van der Waals surface area contributed by atoms with Gasteiger partial charge >= 0.3 is 0 Å². The van der Waals surface area contributed by atoms with Crippen LogP contribution in [0, 0.1) is 15.0 Å². The lowest BCUT2D eigenvalue weighted by molar-refractivity contribution is -0.123. The van der Waals surface area contributed by atoms with Crippen LogP contribution < -0.4 is 0 Å². The second-order valence-corrected chi connectivity index (χ2v) is 3.98. The molecule has 0 aliphatic rings. The maximum absolute atomic E-state index is 11.2. The van der Waals surface area contributed by atoms with Crippen LogP contribution in [0.4, 0.5) is 0 Å². The Bertz CT molecular complexity index is 423. The third-order valence-corrected chi connectivity index (χ3v) is 2.90. The van der Waals surface area contributed by atoms with Crippen LogP contribution in [0.5, 0.6) is 0 Å². The summed E-state index contributed by atoms with van der Waals surface area (Å²) in [6.45, 7) is 3.64. The highest BCUT2D eigenvalue weighted by Gasteiger charge is 2.10. The quantitative estimate of drug-likeness (QED) is 0.372. The molecule has 0 saturated carbocycles. The number of carbonyl (C=O) groups excluding carboxylic acids is 1. The first-order valence-electron chi connectivity index (χ1n) is 4.26. The monoisotopic (exact) mass is 312 g/mol. The molecular formula is C11H9IN2O. The molecule has 0 spiro atoms. The van der Waals surface area contributed by atoms with Gasteiger partial charge in [0.25, 0.3) is 5.91 Å². The van der Waals surface area contributed by atoms with Crippen LogP contribution in [-0.4, -0.2) is 10.8 Å². The summed E-state index contributed by atoms with van der Waals surface area (Å²) in [4.78, 5) is 12.3. The molecule has 0 unspecified atom stereocenters. The molecule has 15 heavy (non-hydrogen) atoms. The Morgan fingerprint density at radius 3 is 2.80 bits per heavy atom. The van der Waals surface area contributed by atoms with Crippen LogP contribution in [0.1, 0.15) is 5.56 Å². The molecule has 0 saturated heterocycles. The fourth-order valence-corrected chi connectivity index (χ4v) is 1.63. The van der Waals surface area contributed by atoms with Crippen molar-refractivity contribution in [3.8, 4) is 6.19 Å². The Balaban J connectivity index is 2.86. The van der Waals surface area contributed by atoms with E-state index in [9.17, 15) is 4.79 Å². The first-order valence-corrected chi connectivity index (χ1v) is 5.34. The summed E-state index contributed by atoms with van der Waals surface area (Å²) >= 11 is 2.17. The molecule has 0 fully saturated rings. The molecule has 0 atom stereocenters. The summed E-state index contributed by atoms with van der Waals surface area (Å²) in [5.74, 6) is -0.378. The van der Waals surface area contributed by atoms with Crippen molar-refractivity contribution >= 4 is 28.5 Å². The van der Waals surface area contributed by atoms with Crippen molar-refractivity contribution in [1.29, 1.82) is 5.26 Å². The number of halogens is 1. The van der Waals surface area contributed by atoms with Gasteiger partial charge in [-0.3, -0.25) is 4.79 Å². The minimum atomic E-state index is -0.378. The first kappa shape index (κ1) is 11.7. The summed E-state index contributed by atoms with van der Waals surface area (Å²) in [6, 6.07) is 7.62. The summed E-state index contributed by atoms with van der Waals surface area (Å²) in [7, 11) is 0. The van der Waals surface area contributed by atoms with Crippen molar-refractivity contribution in [1.82, 2.24) is 4.90 Å². The average molecular weight is 312 g/mol. The summed E-state index contributed by atoms with van der Waals surface area (Å²) < 4.78 is 1.03. The van der Waals surface area contributed by atoms with Crippen molar-refractivity contribution in [2.24, 2.45) is 0 Å². The number of hydrogen-bond acceptors (Lipinski definition) is 2. The lowest BCUT2D eigenvalue weighted by Crippen LogP contribution is -2.23. The number of carbonyl (C=O) groups is 1. The lowest BCUT2D eigenvalue weighted by atomic mass is 10.2. The number of hydrogen-bond donors (Lipinski definition) is 0. The highest BCUT2D eigenvalue weighted by atomic mass is 127. The predicted molar refractivity (Wildman–Crippen MR) is 65.5 cm³/mol. The number of amides is 1. The zero-order chi connectivity index (χ0) is 11.3. The third-order valence-electron chi connectivity index (χ3n) is 1.85. The van der Waals surface area contributed by atoms with Gasteiger partial charge in [-0.25, -0.2) is 4.90 Å². The maximum atomic E-state index is 11.2. The number of rotatable bonds is 3. The van der Waals surface area contributed by atoms with E-state index in [1.807, 2.05) is 30.5 Å². The van der Waals surface area contributed by atoms with Gasteiger partial charge in [0.05, 0.1) is 6.54 Å². The molecule has 1 amide bonds. The summed E-state index contributed by atoms with van der Waals surface area (Å²) in [5.41, 5.74) is 0.954. The second-order valence-electron chi connectivity index (χ2n) is 2.82. The topological polar surface area (TPSA) is 44.1 Å². The molecular weight excluding hydrogens is 303 g/mol. The number of nitrogens with zero attached hydrogens (tertiary/aromatic N) is 2. The van der Waals surface area contributed by atoms with Crippen LogP contribution >= 0.6 is 22.6 Å². The second kappa shape index (κ2) is 5.51. The van der Waals surface area contributed by atoms with E-state index in [0.29, 0.717) is 6.54 Å². The molecule has 0 heterocycles. The van der Waals surface area contributed by atoms with Gasteiger partial charge in [0.2, 0.25) is 0 Å². The first-order chi connectivity index (χ1) is 7.19. The van der Waals surface area contributed by atoms with Crippen LogP contribution in [0.2, 0.25) is 0 Å². The van der Waals surface area contributed by atoms with E-state index in [-0.39, 0.29) is 5.91 Å². The normalized spacial score (nSPS) is 9.07. The SMILES string of the molecule is C=CC(=O)N(C#N)Cc1ccccc1I. The highest BCUT2D eigenvalue weighted by molar-refractivity contribution is 14.1. The van der Waals surface area contributed by atoms with Gasteiger partial charge in [0.15, 0.2) is 6.19 Å². The van der Waals surface area contributed by atoms with Crippen molar-refractivity contribution in [2.75, 3.05) is 0 Å². The van der Waals surface area contributed by atoms with Gasteiger partial charge in [0.1, 0.15) is 0 Å². The van der Waals surface area contributed by atoms with E-state index in [4.69, 9.17) is 5.26 Å². The van der Waals surface area contributed by atoms with Crippen molar-refractivity contribution in [3.63, 3.8) is 0 Å². The van der Waals surface area contributed by atoms with Crippen LogP contribution in [-0.2, 0) is 11.3 Å². The van der Waals surface area contributed by atoms with Crippen LogP contribution in [0.3, 0.4) is 0 Å². The Kier molecular flexibility index (Phi) is 4.31. The maximum Gasteiger partial charge on any atom is 0.259 e. The Labute approximate surface area is 102 Å². The van der Waals surface area contributed by atoms with Crippen LogP contribution in [0.15, 0.2) is 36.9 Å². The summed E-state index contributed by atoms with van der Waals surface area (Å²) in [5, 5.41) is 8.78. The molecule has 0 radical (unpaired) electrons. The average Bonchev–Trinajstić information content (AvgIpc) is 2.27. The minimum Gasteiger partial charge on any atom is -0.269 e. The molecule has 1 aromatic carbocycles. The van der Waals surface area contributed by atoms with Gasteiger partial charge < -0.3 is 0 Å². The Morgan fingerprint density at radius 1 is 1.60 bits per heavy atom. The fourth-order valence-electron chi connectivity index (χ4n) is 1.07. The van der Waals surface area contributed by atoms with E-state index in [1.165, 1.54) is 0 Å². The number of benzene rings is 1. The molecule has 0 aliphatic carbocycles. The molecule has 0 aliphatic heterocycles. The lowest BCUT2D eigenvalue weighted by Gasteiger charge is -2.12. The van der Waals surface area contributed by atoms with E-state index in [2.05, 4.69) is 29.2 Å². The van der Waals surface area contributed by atoms with Gasteiger partial charge in [0, 0.05) is 3.57 Å². The van der Waals surface area contributed by atoms with E-state index in [0.717, 1.165) is 20.1 Å². The molecule has 1 rings (SSSR count). The standard InChI is InChI=1S/C11H9IN2O/c1-2-11(15)14(8-13)7-9-5-3-4-6-10(9)12/h2-6H,1,7H2. The minimum absolute atomic E-state index is 0.292. The van der Waals surface area contributed by atoms with Crippen molar-refractivity contribution in [3.05, 3.63) is 46.1 Å². The fraction of sp³-hybridized carbons (Fsp3) is 0.0909.